The van der Waals surface area contributed by atoms with E-state index in [-0.39, 0.29) is 6.29 Å². The van der Waals surface area contributed by atoms with Crippen molar-refractivity contribution in [1.82, 2.24) is 0 Å². The second-order valence-electron chi connectivity index (χ2n) is 3.95. The third-order valence-electron chi connectivity index (χ3n) is 2.66. The van der Waals surface area contributed by atoms with Gasteiger partial charge in [-0.25, -0.2) is 0 Å². The first kappa shape index (κ1) is 12.9. The van der Waals surface area contributed by atoms with E-state index in [1.807, 2.05) is 11.4 Å². The Labute approximate surface area is 104 Å². The molecule has 96 valence electrons. The van der Waals surface area contributed by atoms with Gasteiger partial charge < -0.3 is 25.4 Å². The fourth-order valence-corrected chi connectivity index (χ4v) is 2.65. The molecule has 1 aliphatic heterocycles. The maximum atomic E-state index is 9.90. The van der Waals surface area contributed by atoms with E-state index in [1.54, 1.807) is 0 Å². The minimum Gasteiger partial charge on any atom is -0.390 e. The van der Waals surface area contributed by atoms with E-state index in [9.17, 15) is 10.2 Å². The number of ether oxygens (including phenoxy) is 2. The van der Waals surface area contributed by atoms with Crippen LogP contribution in [-0.4, -0.2) is 36.1 Å². The zero-order chi connectivity index (χ0) is 12.3. The van der Waals surface area contributed by atoms with Crippen LogP contribution < -0.4 is 5.73 Å². The van der Waals surface area contributed by atoms with Crippen LogP contribution in [0.15, 0.2) is 11.4 Å². The van der Waals surface area contributed by atoms with Crippen LogP contribution in [0.5, 0.6) is 0 Å². The average Bonchev–Trinajstić information content (AvgIpc) is 2.98. The van der Waals surface area contributed by atoms with Crippen molar-refractivity contribution < 1.29 is 19.7 Å². The normalized spacial score (nSPS) is 20.6. The van der Waals surface area contributed by atoms with Gasteiger partial charge in [-0.2, -0.15) is 0 Å². The third-order valence-corrected chi connectivity index (χ3v) is 3.64. The van der Waals surface area contributed by atoms with Crippen LogP contribution in [0, 0.1) is 0 Å². The number of hydrogen-bond donors (Lipinski definition) is 3. The molecule has 2 heterocycles. The first-order chi connectivity index (χ1) is 8.22. The van der Waals surface area contributed by atoms with Gasteiger partial charge in [0.25, 0.3) is 0 Å². The molecule has 17 heavy (non-hydrogen) atoms. The molecule has 0 saturated carbocycles. The van der Waals surface area contributed by atoms with E-state index in [0.717, 1.165) is 4.88 Å². The van der Waals surface area contributed by atoms with Crippen LogP contribution in [-0.2, 0) is 9.47 Å². The van der Waals surface area contributed by atoms with Crippen molar-refractivity contribution in [2.75, 3.05) is 19.8 Å². The summed E-state index contributed by atoms with van der Waals surface area (Å²) < 4.78 is 10.7. The van der Waals surface area contributed by atoms with Gasteiger partial charge in [0.15, 0.2) is 6.29 Å². The van der Waals surface area contributed by atoms with Gasteiger partial charge in [-0.15, -0.1) is 11.3 Å². The minimum absolute atomic E-state index is 0.326. The lowest BCUT2D eigenvalue weighted by molar-refractivity contribution is -0.0415. The smallest absolute Gasteiger partial charge is 0.193 e. The molecular formula is C11H17NO4S. The molecule has 0 aromatic carbocycles. The van der Waals surface area contributed by atoms with Crippen LogP contribution in [0.1, 0.15) is 29.3 Å². The number of rotatable bonds is 5. The van der Waals surface area contributed by atoms with Crippen LogP contribution in [0.3, 0.4) is 0 Å². The van der Waals surface area contributed by atoms with Gasteiger partial charge in [0, 0.05) is 0 Å². The lowest BCUT2D eigenvalue weighted by Crippen LogP contribution is -2.21. The Bertz CT molecular complexity index is 351. The molecule has 1 aliphatic rings. The molecule has 0 aliphatic carbocycles. The van der Waals surface area contributed by atoms with Crippen LogP contribution in [0.25, 0.3) is 0 Å². The number of aliphatic hydroxyl groups excluding tert-OH is 2. The molecule has 2 unspecified atom stereocenters. The van der Waals surface area contributed by atoms with Crippen molar-refractivity contribution in [1.29, 1.82) is 0 Å². The van der Waals surface area contributed by atoms with Gasteiger partial charge in [0.05, 0.1) is 24.2 Å². The molecule has 4 N–H and O–H groups in total. The van der Waals surface area contributed by atoms with E-state index in [2.05, 4.69) is 0 Å². The highest BCUT2D eigenvalue weighted by Crippen LogP contribution is 2.32. The van der Waals surface area contributed by atoms with Gasteiger partial charge in [-0.05, 0) is 30.0 Å². The number of hydrogen-bond acceptors (Lipinski definition) is 6. The average molecular weight is 259 g/mol. The zero-order valence-corrected chi connectivity index (χ0v) is 10.2. The highest BCUT2D eigenvalue weighted by molar-refractivity contribution is 7.10. The standard InChI is InChI=1S/C11H17NO4S/c12-2-1-8(13)10(14)7-5-9(17-6-7)11-15-3-4-16-11/h5-6,8,10-11,13-14H,1-4,12H2. The van der Waals surface area contributed by atoms with Gasteiger partial charge in [-0.3, -0.25) is 0 Å². The molecule has 0 amide bonds. The first-order valence-corrected chi connectivity index (χ1v) is 6.48. The molecule has 0 spiro atoms. The van der Waals surface area contributed by atoms with Crippen LogP contribution >= 0.6 is 11.3 Å². The van der Waals surface area contributed by atoms with E-state index in [1.165, 1.54) is 11.3 Å². The maximum absolute atomic E-state index is 9.90. The Hall–Kier alpha value is -0.500. The van der Waals surface area contributed by atoms with Crippen LogP contribution in [0.2, 0.25) is 0 Å². The summed E-state index contributed by atoms with van der Waals surface area (Å²) in [6.45, 7) is 1.54. The number of aliphatic hydroxyl groups is 2. The molecule has 0 radical (unpaired) electrons. The summed E-state index contributed by atoms with van der Waals surface area (Å²) >= 11 is 1.46. The first-order valence-electron chi connectivity index (χ1n) is 5.60. The molecule has 6 heteroatoms. The molecule has 2 atom stereocenters. The summed E-state index contributed by atoms with van der Waals surface area (Å²) in [4.78, 5) is 0.913. The Balaban J connectivity index is 2.01. The van der Waals surface area contributed by atoms with Crippen molar-refractivity contribution in [2.24, 2.45) is 5.73 Å². The second-order valence-corrected chi connectivity index (χ2v) is 4.89. The monoisotopic (exact) mass is 259 g/mol. The fourth-order valence-electron chi connectivity index (χ4n) is 1.72. The molecule has 0 bridgehead atoms. The Morgan fingerprint density at radius 3 is 2.76 bits per heavy atom. The largest absolute Gasteiger partial charge is 0.390 e. The highest BCUT2D eigenvalue weighted by Gasteiger charge is 2.24. The predicted molar refractivity (Wildman–Crippen MR) is 63.6 cm³/mol. The minimum atomic E-state index is -0.898. The summed E-state index contributed by atoms with van der Waals surface area (Å²) in [7, 11) is 0. The van der Waals surface area contributed by atoms with E-state index >= 15 is 0 Å². The summed E-state index contributed by atoms with van der Waals surface area (Å²) in [5.74, 6) is 0. The SMILES string of the molecule is NCCC(O)C(O)c1csc(C2OCCO2)c1. The molecule has 1 fully saturated rings. The van der Waals surface area contributed by atoms with Crippen molar-refractivity contribution in [2.45, 2.75) is 24.9 Å². The number of thiophene rings is 1. The highest BCUT2D eigenvalue weighted by atomic mass is 32.1. The quantitative estimate of drug-likeness (QED) is 0.718. The Morgan fingerprint density at radius 1 is 1.41 bits per heavy atom. The van der Waals surface area contributed by atoms with E-state index in [0.29, 0.717) is 31.7 Å². The molecule has 5 nitrogen and oxygen atoms in total. The summed E-state index contributed by atoms with van der Waals surface area (Å²) in [6, 6.07) is 1.81. The topological polar surface area (TPSA) is 84.9 Å². The van der Waals surface area contributed by atoms with Crippen molar-refractivity contribution in [3.05, 3.63) is 21.9 Å². The van der Waals surface area contributed by atoms with Crippen molar-refractivity contribution in [3.8, 4) is 0 Å². The zero-order valence-electron chi connectivity index (χ0n) is 9.41. The van der Waals surface area contributed by atoms with Crippen molar-refractivity contribution in [3.63, 3.8) is 0 Å². The van der Waals surface area contributed by atoms with E-state index < -0.39 is 12.2 Å². The molecular weight excluding hydrogens is 242 g/mol. The fraction of sp³-hybridized carbons (Fsp3) is 0.636. The second kappa shape index (κ2) is 5.90. The lowest BCUT2D eigenvalue weighted by atomic mass is 10.1. The third kappa shape index (κ3) is 3.04. The Morgan fingerprint density at radius 2 is 2.12 bits per heavy atom. The van der Waals surface area contributed by atoms with Crippen LogP contribution in [0.4, 0.5) is 0 Å². The summed E-state index contributed by atoms with van der Waals surface area (Å²) in [6.07, 6.45) is -1.67. The number of nitrogens with two attached hydrogens (primary N) is 1. The van der Waals surface area contributed by atoms with Gasteiger partial charge in [0.1, 0.15) is 6.10 Å². The summed E-state index contributed by atoms with van der Waals surface area (Å²) in [5.41, 5.74) is 6.03. The Kier molecular flexibility index (Phi) is 4.49. The summed E-state index contributed by atoms with van der Waals surface area (Å²) in [5, 5.41) is 21.4. The molecule has 2 rings (SSSR count). The van der Waals surface area contributed by atoms with E-state index in [4.69, 9.17) is 15.2 Å². The lowest BCUT2D eigenvalue weighted by Gasteiger charge is -2.15. The van der Waals surface area contributed by atoms with Gasteiger partial charge in [-0.1, -0.05) is 0 Å². The molecule has 1 aromatic rings. The van der Waals surface area contributed by atoms with Gasteiger partial charge >= 0.3 is 0 Å². The van der Waals surface area contributed by atoms with Crippen molar-refractivity contribution >= 4 is 11.3 Å². The van der Waals surface area contributed by atoms with Gasteiger partial charge in [0.2, 0.25) is 0 Å². The predicted octanol–water partition coefficient (Wildman–Crippen LogP) is 0.537. The molecule has 1 aromatic heterocycles. The maximum Gasteiger partial charge on any atom is 0.193 e. The molecule has 1 saturated heterocycles.